The number of nitrogens with zero attached hydrogens (tertiary/aromatic N) is 5. The molecule has 0 atom stereocenters. The zero-order chi connectivity index (χ0) is 24.8. The first-order chi connectivity index (χ1) is 18.2. The Kier molecular flexibility index (Phi) is 4.99. The molecule has 1 amide bonds. The number of nitrogens with one attached hydrogen (secondary N) is 3. The largest absolute Gasteiger partial charge is 0.353 e. The van der Waals surface area contributed by atoms with E-state index in [0.29, 0.717) is 11.4 Å². The maximum Gasteiger partial charge on any atom is 0.227 e. The number of aromatic nitrogens is 7. The fourth-order valence-electron chi connectivity index (χ4n) is 4.70. The van der Waals surface area contributed by atoms with Crippen molar-refractivity contribution < 1.29 is 4.79 Å². The molecule has 0 spiro atoms. The van der Waals surface area contributed by atoms with Crippen LogP contribution in [0.2, 0.25) is 0 Å². The van der Waals surface area contributed by atoms with Crippen LogP contribution in [0.3, 0.4) is 0 Å². The Morgan fingerprint density at radius 2 is 1.86 bits per heavy atom. The van der Waals surface area contributed by atoms with Gasteiger partial charge in [-0.15, -0.1) is 0 Å². The Bertz CT molecular complexity index is 1770. The van der Waals surface area contributed by atoms with Gasteiger partial charge in [0.05, 0.1) is 40.2 Å². The van der Waals surface area contributed by atoms with Crippen LogP contribution in [0, 0.1) is 5.92 Å². The number of hydrogen-bond donors (Lipinski definition) is 3. The monoisotopic (exact) mass is 486 g/mol. The van der Waals surface area contributed by atoms with Gasteiger partial charge < -0.3 is 10.3 Å². The molecule has 3 N–H and O–H groups in total. The molecule has 7 rings (SSSR count). The molecule has 6 aromatic rings. The zero-order valence-electron chi connectivity index (χ0n) is 19.8. The van der Waals surface area contributed by atoms with Crippen molar-refractivity contribution in [1.82, 2.24) is 35.1 Å². The quantitative estimate of drug-likeness (QED) is 0.301. The molecule has 0 saturated heterocycles. The van der Waals surface area contributed by atoms with Crippen molar-refractivity contribution in [2.75, 3.05) is 5.32 Å². The number of H-pyrrole nitrogens is 2. The van der Waals surface area contributed by atoms with Gasteiger partial charge in [-0.25, -0.2) is 4.98 Å². The molecule has 37 heavy (non-hydrogen) atoms. The summed E-state index contributed by atoms with van der Waals surface area (Å²) in [7, 11) is 0. The van der Waals surface area contributed by atoms with Gasteiger partial charge in [0.1, 0.15) is 11.2 Å². The summed E-state index contributed by atoms with van der Waals surface area (Å²) >= 11 is 0. The topological polar surface area (TPSA) is 125 Å². The van der Waals surface area contributed by atoms with Crippen LogP contribution in [-0.4, -0.2) is 41.0 Å². The normalized spacial score (nSPS) is 13.6. The summed E-state index contributed by atoms with van der Waals surface area (Å²) in [6.45, 7) is 0. The molecule has 9 heteroatoms. The smallest absolute Gasteiger partial charge is 0.227 e. The van der Waals surface area contributed by atoms with E-state index in [1.165, 1.54) is 0 Å². The lowest BCUT2D eigenvalue weighted by atomic mass is 9.85. The Balaban J connectivity index is 1.26. The maximum absolute atomic E-state index is 12.4. The molecular formula is C28H22N8O. The van der Waals surface area contributed by atoms with Gasteiger partial charge in [0, 0.05) is 41.0 Å². The van der Waals surface area contributed by atoms with Crippen molar-refractivity contribution in [3.05, 3.63) is 73.3 Å². The number of hydrogen-bond acceptors (Lipinski definition) is 6. The lowest BCUT2D eigenvalue weighted by Crippen LogP contribution is -2.28. The average molecular weight is 487 g/mol. The van der Waals surface area contributed by atoms with Crippen molar-refractivity contribution in [2.45, 2.75) is 19.3 Å². The molecule has 6 aromatic heterocycles. The van der Waals surface area contributed by atoms with Crippen LogP contribution in [-0.2, 0) is 4.79 Å². The minimum absolute atomic E-state index is 0.0594. The molecule has 1 aliphatic rings. The van der Waals surface area contributed by atoms with E-state index in [9.17, 15) is 4.79 Å². The van der Waals surface area contributed by atoms with E-state index in [2.05, 4.69) is 35.5 Å². The van der Waals surface area contributed by atoms with E-state index in [1.54, 1.807) is 24.8 Å². The lowest BCUT2D eigenvalue weighted by molar-refractivity contribution is -0.122. The third kappa shape index (κ3) is 3.81. The summed E-state index contributed by atoms with van der Waals surface area (Å²) in [6.07, 6.45) is 9.97. The third-order valence-electron chi connectivity index (χ3n) is 6.90. The summed E-state index contributed by atoms with van der Waals surface area (Å²) < 4.78 is 0. The van der Waals surface area contributed by atoms with E-state index in [0.717, 1.165) is 69.5 Å². The van der Waals surface area contributed by atoms with Crippen LogP contribution in [0.5, 0.6) is 0 Å². The highest BCUT2D eigenvalue weighted by Gasteiger charge is 2.25. The zero-order valence-corrected chi connectivity index (χ0v) is 19.8. The molecule has 9 nitrogen and oxygen atoms in total. The second-order valence-electron chi connectivity index (χ2n) is 9.26. The highest BCUT2D eigenvalue weighted by molar-refractivity contribution is 5.99. The van der Waals surface area contributed by atoms with Crippen LogP contribution in [0.15, 0.2) is 73.3 Å². The van der Waals surface area contributed by atoms with Crippen LogP contribution in [0.1, 0.15) is 19.3 Å². The van der Waals surface area contributed by atoms with Crippen molar-refractivity contribution in [3.8, 4) is 34.0 Å². The summed E-state index contributed by atoms with van der Waals surface area (Å²) in [4.78, 5) is 34.2. The molecule has 0 unspecified atom stereocenters. The minimum Gasteiger partial charge on any atom is -0.353 e. The number of rotatable bonds is 5. The first-order valence-corrected chi connectivity index (χ1v) is 12.2. The lowest BCUT2D eigenvalue weighted by Gasteiger charge is -2.24. The van der Waals surface area contributed by atoms with Gasteiger partial charge in [-0.05, 0) is 55.3 Å². The summed E-state index contributed by atoms with van der Waals surface area (Å²) in [5, 5.41) is 11.6. The van der Waals surface area contributed by atoms with Gasteiger partial charge in [-0.1, -0.05) is 12.5 Å². The number of amides is 1. The Labute approximate surface area is 211 Å². The molecule has 1 saturated carbocycles. The van der Waals surface area contributed by atoms with Crippen molar-refractivity contribution >= 4 is 33.5 Å². The Hall–Kier alpha value is -4.92. The summed E-state index contributed by atoms with van der Waals surface area (Å²) in [5.41, 5.74) is 7.89. The van der Waals surface area contributed by atoms with Crippen molar-refractivity contribution in [1.29, 1.82) is 0 Å². The van der Waals surface area contributed by atoms with Gasteiger partial charge in [0.15, 0.2) is 0 Å². The molecule has 0 bridgehead atoms. The second-order valence-corrected chi connectivity index (χ2v) is 9.26. The van der Waals surface area contributed by atoms with Crippen LogP contribution in [0.4, 0.5) is 5.69 Å². The van der Waals surface area contributed by atoms with E-state index < -0.39 is 0 Å². The number of fused-ring (bicyclic) bond motifs is 2. The molecule has 0 aliphatic heterocycles. The SMILES string of the molecule is O=C(Nc1cncc(-c2ccc3[nH]nc(-c4cc5c(-c6ccccn6)nccc5[nH]4)c3n2)c1)C1CCC1. The fraction of sp³-hybridized carbons (Fsp3) is 0.143. The number of carbonyl (C=O) groups is 1. The molecule has 180 valence electrons. The third-order valence-corrected chi connectivity index (χ3v) is 6.90. The van der Waals surface area contributed by atoms with E-state index in [-0.39, 0.29) is 11.8 Å². The standard InChI is InChI=1S/C28H22N8O/c37-28(16-4-3-5-16)32-18-12-17(14-29-15-18)20-7-8-23-26(34-20)27(36-35-23)24-13-19-21(33-24)9-11-31-25(19)22-6-1-2-10-30-22/h1-2,6-16,33H,3-5H2,(H,32,37)(H,35,36). The predicted molar refractivity (Wildman–Crippen MR) is 141 cm³/mol. The van der Waals surface area contributed by atoms with Crippen molar-refractivity contribution in [3.63, 3.8) is 0 Å². The molecule has 0 radical (unpaired) electrons. The van der Waals surface area contributed by atoms with Gasteiger partial charge >= 0.3 is 0 Å². The highest BCUT2D eigenvalue weighted by atomic mass is 16.1. The van der Waals surface area contributed by atoms with Gasteiger partial charge in [-0.3, -0.25) is 24.8 Å². The number of anilines is 1. The van der Waals surface area contributed by atoms with Gasteiger partial charge in [0.2, 0.25) is 5.91 Å². The van der Waals surface area contributed by atoms with Crippen LogP contribution >= 0.6 is 0 Å². The fourth-order valence-corrected chi connectivity index (χ4v) is 4.70. The Morgan fingerprint density at radius 1 is 0.919 bits per heavy atom. The predicted octanol–water partition coefficient (Wildman–Crippen LogP) is 5.36. The number of carbonyl (C=O) groups excluding carboxylic acids is 1. The van der Waals surface area contributed by atoms with E-state index >= 15 is 0 Å². The van der Waals surface area contributed by atoms with E-state index in [4.69, 9.17) is 4.98 Å². The molecule has 1 aliphatic carbocycles. The summed E-state index contributed by atoms with van der Waals surface area (Å²) in [6, 6.07) is 15.5. The summed E-state index contributed by atoms with van der Waals surface area (Å²) in [5.74, 6) is 0.167. The van der Waals surface area contributed by atoms with Crippen molar-refractivity contribution in [2.24, 2.45) is 5.92 Å². The van der Waals surface area contributed by atoms with Crippen LogP contribution in [0.25, 0.3) is 56.0 Å². The number of pyridine rings is 4. The first kappa shape index (κ1) is 21.4. The first-order valence-electron chi connectivity index (χ1n) is 12.2. The highest BCUT2D eigenvalue weighted by Crippen LogP contribution is 2.33. The van der Waals surface area contributed by atoms with Gasteiger partial charge in [0.25, 0.3) is 0 Å². The van der Waals surface area contributed by atoms with Gasteiger partial charge in [-0.2, -0.15) is 5.10 Å². The molecule has 6 heterocycles. The molecule has 1 fully saturated rings. The minimum atomic E-state index is 0.0594. The number of aromatic amines is 2. The Morgan fingerprint density at radius 3 is 2.70 bits per heavy atom. The second kappa shape index (κ2) is 8.63. The average Bonchev–Trinajstić information content (AvgIpc) is 3.52. The molecular weight excluding hydrogens is 464 g/mol. The maximum atomic E-state index is 12.4. The van der Waals surface area contributed by atoms with Crippen LogP contribution < -0.4 is 5.32 Å². The molecule has 0 aromatic carbocycles. The van der Waals surface area contributed by atoms with E-state index in [1.807, 2.05) is 48.5 Å².